The lowest BCUT2D eigenvalue weighted by atomic mass is 10.1. The smallest absolute Gasteiger partial charge is 0.419 e. The summed E-state index contributed by atoms with van der Waals surface area (Å²) in [6, 6.07) is 0. The molecule has 0 saturated carbocycles. The largest absolute Gasteiger partial charge is 0.469 e. The van der Waals surface area contributed by atoms with E-state index in [1.165, 1.54) is 6.92 Å². The lowest BCUT2D eigenvalue weighted by Crippen LogP contribution is -2.06. The number of aryl methyl sites for hydroxylation is 1. The minimum Gasteiger partial charge on any atom is -0.469 e. The monoisotopic (exact) mass is 178 g/mol. The van der Waals surface area contributed by atoms with Crippen molar-refractivity contribution in [2.45, 2.75) is 26.4 Å². The van der Waals surface area contributed by atoms with E-state index < -0.39 is 11.7 Å². The van der Waals surface area contributed by atoms with E-state index >= 15 is 0 Å². The SMILES string of the molecule is CCc1c(C(F)(F)F)coc1C. The van der Waals surface area contributed by atoms with Crippen LogP contribution in [0.5, 0.6) is 0 Å². The van der Waals surface area contributed by atoms with E-state index in [1.807, 2.05) is 0 Å². The Bertz CT molecular complexity index is 272. The molecule has 0 saturated heterocycles. The average molecular weight is 178 g/mol. The van der Waals surface area contributed by atoms with Crippen LogP contribution < -0.4 is 0 Å². The number of hydrogen-bond donors (Lipinski definition) is 0. The zero-order chi connectivity index (χ0) is 9.35. The topological polar surface area (TPSA) is 13.1 Å². The molecule has 0 atom stereocenters. The van der Waals surface area contributed by atoms with E-state index in [4.69, 9.17) is 4.42 Å². The van der Waals surface area contributed by atoms with Crippen molar-refractivity contribution in [3.05, 3.63) is 23.2 Å². The number of halogens is 3. The van der Waals surface area contributed by atoms with E-state index in [2.05, 4.69) is 0 Å². The molecule has 1 rings (SSSR count). The van der Waals surface area contributed by atoms with Crippen molar-refractivity contribution < 1.29 is 17.6 Å². The zero-order valence-corrected chi connectivity index (χ0v) is 6.83. The molecule has 68 valence electrons. The predicted molar refractivity (Wildman–Crippen MR) is 37.8 cm³/mol. The summed E-state index contributed by atoms with van der Waals surface area (Å²) < 4.78 is 41.3. The summed E-state index contributed by atoms with van der Waals surface area (Å²) in [6.07, 6.45) is -3.17. The molecule has 1 heterocycles. The van der Waals surface area contributed by atoms with Crippen LogP contribution >= 0.6 is 0 Å². The average Bonchev–Trinajstić information content (AvgIpc) is 2.29. The van der Waals surface area contributed by atoms with Crippen molar-refractivity contribution in [1.82, 2.24) is 0 Å². The van der Waals surface area contributed by atoms with Gasteiger partial charge in [0.05, 0.1) is 5.56 Å². The standard InChI is InChI=1S/C8H9F3O/c1-3-6-5(2)12-4-7(6)8(9,10)11/h4H,3H2,1-2H3. The molecule has 0 spiro atoms. The van der Waals surface area contributed by atoms with Crippen molar-refractivity contribution in [3.63, 3.8) is 0 Å². The highest BCUT2D eigenvalue weighted by Crippen LogP contribution is 2.34. The first-order chi connectivity index (χ1) is 5.46. The van der Waals surface area contributed by atoms with Gasteiger partial charge in [-0.1, -0.05) is 6.92 Å². The highest BCUT2D eigenvalue weighted by atomic mass is 19.4. The minimum absolute atomic E-state index is 0.252. The number of hydrogen-bond acceptors (Lipinski definition) is 1. The lowest BCUT2D eigenvalue weighted by Gasteiger charge is -2.04. The minimum atomic E-state index is -4.29. The van der Waals surface area contributed by atoms with Gasteiger partial charge >= 0.3 is 6.18 Å². The quantitative estimate of drug-likeness (QED) is 0.643. The Kier molecular flexibility index (Phi) is 2.17. The fraction of sp³-hybridized carbons (Fsp3) is 0.500. The van der Waals surface area contributed by atoms with Crippen molar-refractivity contribution in [2.24, 2.45) is 0 Å². The Morgan fingerprint density at radius 3 is 2.33 bits per heavy atom. The summed E-state index contributed by atoms with van der Waals surface area (Å²) in [6.45, 7) is 3.21. The molecule has 0 fully saturated rings. The molecular formula is C8H9F3O. The maximum atomic E-state index is 12.2. The van der Waals surface area contributed by atoms with Crippen molar-refractivity contribution in [2.75, 3.05) is 0 Å². The number of alkyl halides is 3. The summed E-state index contributed by atoms with van der Waals surface area (Å²) in [4.78, 5) is 0. The number of rotatable bonds is 1. The van der Waals surface area contributed by atoms with Gasteiger partial charge in [-0.2, -0.15) is 13.2 Å². The van der Waals surface area contributed by atoms with Gasteiger partial charge in [0.25, 0.3) is 0 Å². The third-order valence-electron chi connectivity index (χ3n) is 1.76. The molecule has 0 amide bonds. The molecule has 1 nitrogen and oxygen atoms in total. The van der Waals surface area contributed by atoms with Crippen LogP contribution in [0, 0.1) is 6.92 Å². The Morgan fingerprint density at radius 2 is 2.00 bits per heavy atom. The van der Waals surface area contributed by atoms with Gasteiger partial charge in [0.15, 0.2) is 0 Å². The molecule has 0 aliphatic rings. The predicted octanol–water partition coefficient (Wildman–Crippen LogP) is 3.17. The molecule has 0 unspecified atom stereocenters. The van der Waals surface area contributed by atoms with Crippen LogP contribution in [0.25, 0.3) is 0 Å². The molecular weight excluding hydrogens is 169 g/mol. The first-order valence-electron chi connectivity index (χ1n) is 3.61. The van der Waals surface area contributed by atoms with Gasteiger partial charge < -0.3 is 4.42 Å². The van der Waals surface area contributed by atoms with Crippen molar-refractivity contribution in [3.8, 4) is 0 Å². The van der Waals surface area contributed by atoms with Gasteiger partial charge in [0.1, 0.15) is 12.0 Å². The highest BCUT2D eigenvalue weighted by Gasteiger charge is 2.35. The zero-order valence-electron chi connectivity index (χ0n) is 6.83. The van der Waals surface area contributed by atoms with Gasteiger partial charge in [-0.15, -0.1) is 0 Å². The maximum Gasteiger partial charge on any atom is 0.419 e. The fourth-order valence-corrected chi connectivity index (χ4v) is 1.16. The van der Waals surface area contributed by atoms with Crippen LogP contribution in [0.4, 0.5) is 13.2 Å². The van der Waals surface area contributed by atoms with Gasteiger partial charge in [-0.3, -0.25) is 0 Å². The Labute approximate surface area is 68.2 Å². The molecule has 1 aromatic rings. The van der Waals surface area contributed by atoms with Gasteiger partial charge in [0.2, 0.25) is 0 Å². The van der Waals surface area contributed by atoms with Gasteiger partial charge in [-0.05, 0) is 13.3 Å². The van der Waals surface area contributed by atoms with Crippen LogP contribution in [0.3, 0.4) is 0 Å². The van der Waals surface area contributed by atoms with Crippen LogP contribution in [-0.2, 0) is 12.6 Å². The second-order valence-corrected chi connectivity index (χ2v) is 2.54. The van der Waals surface area contributed by atoms with Gasteiger partial charge in [-0.25, -0.2) is 0 Å². The Balaban J connectivity index is 3.16. The molecule has 0 bridgehead atoms. The van der Waals surface area contributed by atoms with E-state index in [1.54, 1.807) is 6.92 Å². The van der Waals surface area contributed by atoms with E-state index in [-0.39, 0.29) is 5.56 Å². The fourth-order valence-electron chi connectivity index (χ4n) is 1.16. The summed E-state index contributed by atoms with van der Waals surface area (Å²) in [5.74, 6) is 0.352. The molecule has 4 heteroatoms. The summed E-state index contributed by atoms with van der Waals surface area (Å²) in [5.41, 5.74) is -0.398. The van der Waals surface area contributed by atoms with E-state index in [0.717, 1.165) is 6.26 Å². The van der Waals surface area contributed by atoms with E-state index in [0.29, 0.717) is 12.2 Å². The molecule has 0 aromatic carbocycles. The summed E-state index contributed by atoms with van der Waals surface area (Å²) in [5, 5.41) is 0. The van der Waals surface area contributed by atoms with Crippen molar-refractivity contribution in [1.29, 1.82) is 0 Å². The normalized spacial score (nSPS) is 12.1. The van der Waals surface area contributed by atoms with E-state index in [9.17, 15) is 13.2 Å². The molecule has 1 aromatic heterocycles. The second kappa shape index (κ2) is 2.84. The highest BCUT2D eigenvalue weighted by molar-refractivity contribution is 5.29. The van der Waals surface area contributed by atoms with Crippen LogP contribution in [-0.4, -0.2) is 0 Å². The van der Waals surface area contributed by atoms with Crippen LogP contribution in [0.2, 0.25) is 0 Å². The molecule has 12 heavy (non-hydrogen) atoms. The van der Waals surface area contributed by atoms with Crippen LogP contribution in [0.1, 0.15) is 23.8 Å². The number of furan rings is 1. The van der Waals surface area contributed by atoms with Gasteiger partial charge in [0, 0.05) is 5.56 Å². The second-order valence-electron chi connectivity index (χ2n) is 2.54. The third kappa shape index (κ3) is 1.47. The Hall–Kier alpha value is -0.930. The first-order valence-corrected chi connectivity index (χ1v) is 3.61. The molecule has 0 radical (unpaired) electrons. The molecule has 0 N–H and O–H groups in total. The third-order valence-corrected chi connectivity index (χ3v) is 1.76. The molecule has 0 aliphatic carbocycles. The Morgan fingerprint density at radius 1 is 1.42 bits per heavy atom. The summed E-state index contributed by atoms with van der Waals surface area (Å²) in [7, 11) is 0. The van der Waals surface area contributed by atoms with Crippen LogP contribution in [0.15, 0.2) is 10.7 Å². The first kappa shape index (κ1) is 9.16. The summed E-state index contributed by atoms with van der Waals surface area (Å²) >= 11 is 0. The maximum absolute atomic E-state index is 12.2. The molecule has 0 aliphatic heterocycles. The lowest BCUT2D eigenvalue weighted by molar-refractivity contribution is -0.138. The van der Waals surface area contributed by atoms with Crippen molar-refractivity contribution >= 4 is 0 Å².